The molecule has 0 aliphatic rings. The molecular formula is C20H19ClN6O3S. The maximum atomic E-state index is 12.4. The number of carbonyl (C=O) groups excluding carboxylic acids is 1. The van der Waals surface area contributed by atoms with Gasteiger partial charge in [-0.05, 0) is 36.4 Å². The number of ether oxygens (including phenoxy) is 1. The van der Waals surface area contributed by atoms with E-state index in [4.69, 9.17) is 16.3 Å². The molecular weight excluding hydrogens is 440 g/mol. The molecule has 0 fully saturated rings. The Bertz CT molecular complexity index is 1310. The van der Waals surface area contributed by atoms with E-state index in [9.17, 15) is 9.00 Å². The molecule has 0 aliphatic heterocycles. The number of halogens is 1. The number of methoxy groups -OCH3 is 1. The van der Waals surface area contributed by atoms with Gasteiger partial charge in [0.25, 0.3) is 5.91 Å². The first-order valence-corrected chi connectivity index (χ1v) is 11.2. The number of H-pyrrole nitrogens is 1. The third-order valence-electron chi connectivity index (χ3n) is 4.56. The summed E-state index contributed by atoms with van der Waals surface area (Å²) in [5.41, 5.74) is 2.09. The van der Waals surface area contributed by atoms with Crippen LogP contribution in [0.5, 0.6) is 5.88 Å². The number of pyridine rings is 1. The summed E-state index contributed by atoms with van der Waals surface area (Å²) in [6, 6.07) is 10.3. The number of carbonyl (C=O) groups is 1. The van der Waals surface area contributed by atoms with Crippen LogP contribution in [0.2, 0.25) is 5.02 Å². The standard InChI is InChI=1S/C20H19ClN6O3S/c1-30-19-14(4-3-9-23-19)18(28)22-10-11-27-17-15(31(2)29)16(25-20(27)26-17)24-13-7-5-12(21)6-8-13/h3-9H,10-11H2,1-2H3,(H,22,28)(H,24,25,26). The van der Waals surface area contributed by atoms with Gasteiger partial charge in [-0.15, -0.1) is 0 Å². The van der Waals surface area contributed by atoms with E-state index >= 15 is 0 Å². The first kappa shape index (κ1) is 21.0. The lowest BCUT2D eigenvalue weighted by atomic mass is 10.2. The number of aromatic amines is 1. The molecule has 2 N–H and O–H groups in total. The van der Waals surface area contributed by atoms with Gasteiger partial charge in [0.2, 0.25) is 11.7 Å². The Labute approximate surface area is 185 Å². The molecule has 31 heavy (non-hydrogen) atoms. The highest BCUT2D eigenvalue weighted by molar-refractivity contribution is 7.84. The fraction of sp³-hybridized carbons (Fsp3) is 0.200. The fourth-order valence-corrected chi connectivity index (χ4v) is 4.03. The topological polar surface area (TPSA) is 114 Å². The highest BCUT2D eigenvalue weighted by Crippen LogP contribution is 2.19. The molecule has 2 bridgehead atoms. The van der Waals surface area contributed by atoms with Crippen LogP contribution in [0.15, 0.2) is 52.5 Å². The van der Waals surface area contributed by atoms with E-state index in [2.05, 4.69) is 25.3 Å². The van der Waals surface area contributed by atoms with Crippen LogP contribution in [-0.2, 0) is 17.3 Å². The minimum atomic E-state index is -1.32. The predicted octanol–water partition coefficient (Wildman–Crippen LogP) is 2.26. The van der Waals surface area contributed by atoms with Gasteiger partial charge in [-0.3, -0.25) is 13.6 Å². The number of benzene rings is 1. The maximum Gasteiger partial charge on any atom is 0.256 e. The number of nitrogens with one attached hydrogen (secondary N) is 2. The lowest BCUT2D eigenvalue weighted by Gasteiger charge is -2.19. The second kappa shape index (κ2) is 8.86. The van der Waals surface area contributed by atoms with Gasteiger partial charge in [0, 0.05) is 30.6 Å². The van der Waals surface area contributed by atoms with E-state index in [-0.39, 0.29) is 11.8 Å². The molecule has 0 spiro atoms. The van der Waals surface area contributed by atoms with Crippen LogP contribution in [0.1, 0.15) is 10.4 Å². The predicted molar refractivity (Wildman–Crippen MR) is 117 cm³/mol. The van der Waals surface area contributed by atoms with Crippen molar-refractivity contribution in [2.24, 2.45) is 4.99 Å². The Morgan fingerprint density at radius 1 is 1.32 bits per heavy atom. The molecule has 1 amide bonds. The van der Waals surface area contributed by atoms with Gasteiger partial charge in [-0.1, -0.05) is 11.6 Å². The van der Waals surface area contributed by atoms with Crippen molar-refractivity contribution in [3.8, 4) is 5.88 Å². The van der Waals surface area contributed by atoms with Gasteiger partial charge in [0.15, 0.2) is 5.49 Å². The van der Waals surface area contributed by atoms with Gasteiger partial charge < -0.3 is 15.0 Å². The zero-order valence-corrected chi connectivity index (χ0v) is 18.3. The zero-order valence-electron chi connectivity index (χ0n) is 16.8. The molecule has 0 aliphatic carbocycles. The van der Waals surface area contributed by atoms with Crippen molar-refractivity contribution in [2.75, 3.05) is 19.9 Å². The molecule has 0 saturated carbocycles. The number of rotatable bonds is 7. The molecule has 5 aromatic rings. The van der Waals surface area contributed by atoms with Gasteiger partial charge in [-0.2, -0.15) is 4.98 Å². The Kier molecular flexibility index (Phi) is 6.01. The van der Waals surface area contributed by atoms with Crippen LogP contribution in [0.4, 0.5) is 5.69 Å². The van der Waals surface area contributed by atoms with Crippen LogP contribution < -0.4 is 15.5 Å². The summed E-state index contributed by atoms with van der Waals surface area (Å²) >= 11 is 5.92. The summed E-state index contributed by atoms with van der Waals surface area (Å²) in [7, 11) is 0.143. The van der Waals surface area contributed by atoms with E-state index in [0.717, 1.165) is 0 Å². The Morgan fingerprint density at radius 3 is 2.81 bits per heavy atom. The summed E-state index contributed by atoms with van der Waals surface area (Å²) in [6.07, 6.45) is 3.14. The van der Waals surface area contributed by atoms with E-state index in [1.54, 1.807) is 48.9 Å². The third kappa shape index (κ3) is 4.30. The fourth-order valence-electron chi connectivity index (χ4n) is 3.12. The van der Waals surface area contributed by atoms with E-state index in [1.165, 1.54) is 7.11 Å². The molecule has 0 radical (unpaired) electrons. The van der Waals surface area contributed by atoms with Crippen LogP contribution in [0.3, 0.4) is 0 Å². The SMILES string of the molecule is COc1ncccc1C(=O)NCCn1c2nc(=Nc3ccc(Cl)cc3)c(S(C)=O)c1[nH]2. The normalized spacial score (nSPS) is 12.9. The number of aromatic nitrogens is 4. The second-order valence-electron chi connectivity index (χ2n) is 6.57. The Balaban J connectivity index is 1.54. The molecule has 1 atom stereocenters. The lowest BCUT2D eigenvalue weighted by molar-refractivity contribution is 0.0948. The van der Waals surface area contributed by atoms with Crippen molar-refractivity contribution >= 4 is 45.4 Å². The van der Waals surface area contributed by atoms with Gasteiger partial charge in [0.1, 0.15) is 16.1 Å². The molecule has 160 valence electrons. The van der Waals surface area contributed by atoms with Gasteiger partial charge in [0.05, 0.1) is 23.6 Å². The van der Waals surface area contributed by atoms with Crippen LogP contribution in [-0.4, -0.2) is 49.5 Å². The molecule has 1 unspecified atom stereocenters. The van der Waals surface area contributed by atoms with Crippen molar-refractivity contribution in [3.05, 3.63) is 58.7 Å². The van der Waals surface area contributed by atoms with E-state index in [0.29, 0.717) is 51.2 Å². The van der Waals surface area contributed by atoms with Crippen LogP contribution in [0.25, 0.3) is 11.4 Å². The summed E-state index contributed by atoms with van der Waals surface area (Å²) in [5.74, 6) is 0.565. The summed E-state index contributed by atoms with van der Waals surface area (Å²) in [4.78, 5) is 29.0. The monoisotopic (exact) mass is 458 g/mol. The minimum absolute atomic E-state index is 0.265. The maximum absolute atomic E-state index is 12.4. The van der Waals surface area contributed by atoms with Crippen molar-refractivity contribution < 1.29 is 13.7 Å². The molecule has 5 rings (SSSR count). The largest absolute Gasteiger partial charge is 0.480 e. The quantitative estimate of drug-likeness (QED) is 0.441. The second-order valence-corrected chi connectivity index (χ2v) is 8.32. The molecule has 4 heterocycles. The number of hydrogen-bond acceptors (Lipinski definition) is 6. The average Bonchev–Trinajstić information content (AvgIpc) is 2.77. The van der Waals surface area contributed by atoms with Crippen molar-refractivity contribution in [3.63, 3.8) is 0 Å². The smallest absolute Gasteiger partial charge is 0.256 e. The van der Waals surface area contributed by atoms with Crippen LogP contribution >= 0.6 is 11.6 Å². The summed E-state index contributed by atoms with van der Waals surface area (Å²) in [6.45, 7) is 0.790. The van der Waals surface area contributed by atoms with Gasteiger partial charge in [-0.25, -0.2) is 9.98 Å². The van der Waals surface area contributed by atoms with Gasteiger partial charge >= 0.3 is 0 Å². The number of nitrogens with zero attached hydrogens (tertiary/aromatic N) is 4. The summed E-state index contributed by atoms with van der Waals surface area (Å²) in [5, 5.41) is 3.45. The summed E-state index contributed by atoms with van der Waals surface area (Å²) < 4.78 is 19.4. The number of amides is 1. The van der Waals surface area contributed by atoms with Crippen molar-refractivity contribution in [1.29, 1.82) is 0 Å². The first-order chi connectivity index (χ1) is 15.0. The molecule has 1 aromatic carbocycles. The molecule has 11 heteroatoms. The highest BCUT2D eigenvalue weighted by atomic mass is 35.5. The first-order valence-electron chi connectivity index (χ1n) is 9.30. The van der Waals surface area contributed by atoms with Crippen LogP contribution in [0, 0.1) is 0 Å². The molecule has 0 saturated heterocycles. The lowest BCUT2D eigenvalue weighted by Crippen LogP contribution is -2.32. The third-order valence-corrected chi connectivity index (χ3v) is 5.77. The minimum Gasteiger partial charge on any atom is -0.480 e. The highest BCUT2D eigenvalue weighted by Gasteiger charge is 2.19. The molecule has 4 aromatic heterocycles. The zero-order chi connectivity index (χ0) is 22.0. The average molecular weight is 459 g/mol. The number of hydrogen-bond donors (Lipinski definition) is 2. The Hall–Kier alpha value is -3.24. The van der Waals surface area contributed by atoms with Crippen molar-refractivity contribution in [1.82, 2.24) is 24.8 Å². The van der Waals surface area contributed by atoms with E-state index < -0.39 is 10.8 Å². The van der Waals surface area contributed by atoms with Crippen molar-refractivity contribution in [2.45, 2.75) is 11.4 Å². The Morgan fingerprint density at radius 2 is 2.10 bits per heavy atom. The number of fused-ring (bicyclic) bond motifs is 2. The molecule has 9 nitrogen and oxygen atoms in total. The van der Waals surface area contributed by atoms with E-state index in [1.807, 2.05) is 4.57 Å².